The van der Waals surface area contributed by atoms with E-state index in [1.807, 2.05) is 68.4 Å². The van der Waals surface area contributed by atoms with Crippen molar-refractivity contribution < 1.29 is 9.32 Å². The molecular formula is C20H20N2O2. The number of amides is 1. The summed E-state index contributed by atoms with van der Waals surface area (Å²) in [5.74, 6) is 0.440. The average Bonchev–Trinajstić information content (AvgIpc) is 2.99. The monoisotopic (exact) mass is 320 g/mol. The molecule has 1 heterocycles. The van der Waals surface area contributed by atoms with Gasteiger partial charge in [0.25, 0.3) is 5.91 Å². The van der Waals surface area contributed by atoms with Crippen molar-refractivity contribution in [3.05, 3.63) is 71.5 Å². The molecule has 122 valence electrons. The highest BCUT2D eigenvalue weighted by Crippen LogP contribution is 2.29. The summed E-state index contributed by atoms with van der Waals surface area (Å²) in [4.78, 5) is 15.0. The van der Waals surface area contributed by atoms with Crippen LogP contribution in [-0.2, 0) is 0 Å². The molecule has 0 aliphatic carbocycles. The maximum atomic E-state index is 13.2. The van der Waals surface area contributed by atoms with Crippen molar-refractivity contribution >= 4 is 11.6 Å². The molecule has 3 rings (SSSR count). The smallest absolute Gasteiger partial charge is 0.264 e. The first-order valence-electron chi connectivity index (χ1n) is 8.02. The van der Waals surface area contributed by atoms with Gasteiger partial charge in [-0.05, 0) is 32.4 Å². The van der Waals surface area contributed by atoms with Gasteiger partial charge in [0.15, 0.2) is 0 Å². The number of nitrogens with zero attached hydrogens (tertiary/aromatic N) is 2. The van der Waals surface area contributed by atoms with Gasteiger partial charge in [-0.1, -0.05) is 53.7 Å². The molecule has 0 fully saturated rings. The van der Waals surface area contributed by atoms with Gasteiger partial charge in [-0.2, -0.15) is 0 Å². The first-order valence-corrected chi connectivity index (χ1v) is 8.02. The topological polar surface area (TPSA) is 46.3 Å². The van der Waals surface area contributed by atoms with E-state index in [4.69, 9.17) is 4.52 Å². The highest BCUT2D eigenvalue weighted by Gasteiger charge is 2.26. The van der Waals surface area contributed by atoms with Gasteiger partial charge in [0.05, 0.1) is 0 Å². The SMILES string of the molecule is CCN(C(=O)c1c(-c2ccccc2)noc1C)c1ccccc1C. The zero-order chi connectivity index (χ0) is 17.1. The van der Waals surface area contributed by atoms with E-state index in [2.05, 4.69) is 5.16 Å². The lowest BCUT2D eigenvalue weighted by Gasteiger charge is -2.23. The largest absolute Gasteiger partial charge is 0.360 e. The van der Waals surface area contributed by atoms with Crippen LogP contribution in [0.15, 0.2) is 59.1 Å². The van der Waals surface area contributed by atoms with Crippen LogP contribution in [0.4, 0.5) is 5.69 Å². The average molecular weight is 320 g/mol. The van der Waals surface area contributed by atoms with E-state index in [0.29, 0.717) is 23.6 Å². The minimum absolute atomic E-state index is 0.0931. The van der Waals surface area contributed by atoms with Crippen LogP contribution < -0.4 is 4.90 Å². The number of aromatic nitrogens is 1. The Labute approximate surface area is 141 Å². The zero-order valence-electron chi connectivity index (χ0n) is 14.1. The molecule has 0 aliphatic heterocycles. The first kappa shape index (κ1) is 16.0. The Bertz CT molecular complexity index is 853. The van der Waals surface area contributed by atoms with Crippen molar-refractivity contribution in [2.45, 2.75) is 20.8 Å². The van der Waals surface area contributed by atoms with Crippen LogP contribution in [0.3, 0.4) is 0 Å². The third-order valence-corrected chi connectivity index (χ3v) is 4.09. The van der Waals surface area contributed by atoms with E-state index in [0.717, 1.165) is 16.8 Å². The van der Waals surface area contributed by atoms with Crippen molar-refractivity contribution in [1.82, 2.24) is 5.16 Å². The van der Waals surface area contributed by atoms with Crippen molar-refractivity contribution in [2.75, 3.05) is 11.4 Å². The predicted molar refractivity (Wildman–Crippen MR) is 95.2 cm³/mol. The third-order valence-electron chi connectivity index (χ3n) is 4.09. The number of para-hydroxylation sites is 1. The molecule has 0 N–H and O–H groups in total. The van der Waals surface area contributed by atoms with Crippen molar-refractivity contribution in [3.8, 4) is 11.3 Å². The molecule has 1 aromatic heterocycles. The lowest BCUT2D eigenvalue weighted by molar-refractivity contribution is 0.0987. The molecule has 0 unspecified atom stereocenters. The van der Waals surface area contributed by atoms with Gasteiger partial charge in [0, 0.05) is 17.8 Å². The number of carbonyl (C=O) groups is 1. The van der Waals surface area contributed by atoms with Crippen LogP contribution >= 0.6 is 0 Å². The number of anilines is 1. The van der Waals surface area contributed by atoms with E-state index in [9.17, 15) is 4.79 Å². The zero-order valence-corrected chi connectivity index (χ0v) is 14.1. The Kier molecular flexibility index (Phi) is 4.47. The van der Waals surface area contributed by atoms with Crippen LogP contribution in [0.2, 0.25) is 0 Å². The minimum atomic E-state index is -0.0931. The Morgan fingerprint density at radius 1 is 1.04 bits per heavy atom. The molecule has 0 atom stereocenters. The van der Waals surface area contributed by atoms with Gasteiger partial charge in [0.1, 0.15) is 17.0 Å². The lowest BCUT2D eigenvalue weighted by atomic mass is 10.0. The summed E-state index contributed by atoms with van der Waals surface area (Å²) in [5, 5.41) is 4.12. The minimum Gasteiger partial charge on any atom is -0.360 e. The van der Waals surface area contributed by atoms with Crippen LogP contribution in [-0.4, -0.2) is 17.6 Å². The predicted octanol–water partition coefficient (Wildman–Crippen LogP) is 4.63. The van der Waals surface area contributed by atoms with E-state index < -0.39 is 0 Å². The van der Waals surface area contributed by atoms with Crippen LogP contribution in [0.25, 0.3) is 11.3 Å². The second-order valence-corrected chi connectivity index (χ2v) is 5.66. The summed E-state index contributed by atoms with van der Waals surface area (Å²) in [6, 6.07) is 17.5. The number of rotatable bonds is 4. The summed E-state index contributed by atoms with van der Waals surface area (Å²) < 4.78 is 5.33. The second-order valence-electron chi connectivity index (χ2n) is 5.66. The third kappa shape index (κ3) is 2.83. The Balaban J connectivity index is 2.07. The molecule has 0 spiro atoms. The highest BCUT2D eigenvalue weighted by atomic mass is 16.5. The molecule has 4 heteroatoms. The number of hydrogen-bond donors (Lipinski definition) is 0. The quantitative estimate of drug-likeness (QED) is 0.704. The molecular weight excluding hydrogens is 300 g/mol. The standard InChI is InChI=1S/C20H20N2O2/c1-4-22(17-13-9-8-10-14(17)2)20(23)18-15(3)24-21-19(18)16-11-6-5-7-12-16/h5-13H,4H2,1-3H3. The van der Waals surface area contributed by atoms with Crippen LogP contribution in [0.1, 0.15) is 28.6 Å². The summed E-state index contributed by atoms with van der Waals surface area (Å²) in [6.45, 7) is 6.32. The van der Waals surface area contributed by atoms with E-state index in [1.165, 1.54) is 0 Å². The van der Waals surface area contributed by atoms with E-state index >= 15 is 0 Å². The lowest BCUT2D eigenvalue weighted by Crippen LogP contribution is -2.31. The van der Waals surface area contributed by atoms with Gasteiger partial charge >= 0.3 is 0 Å². The molecule has 0 saturated carbocycles. The summed E-state index contributed by atoms with van der Waals surface area (Å²) in [5.41, 5.74) is 3.95. The van der Waals surface area contributed by atoms with E-state index in [1.54, 1.807) is 11.8 Å². The van der Waals surface area contributed by atoms with Gasteiger partial charge in [-0.3, -0.25) is 4.79 Å². The Morgan fingerprint density at radius 2 is 1.71 bits per heavy atom. The van der Waals surface area contributed by atoms with Crippen LogP contribution in [0, 0.1) is 13.8 Å². The molecule has 3 aromatic rings. The summed E-state index contributed by atoms with van der Waals surface area (Å²) >= 11 is 0. The Hall–Kier alpha value is -2.88. The molecule has 0 aliphatic rings. The van der Waals surface area contributed by atoms with Gasteiger partial charge < -0.3 is 9.42 Å². The van der Waals surface area contributed by atoms with Gasteiger partial charge in [0.2, 0.25) is 0 Å². The number of carbonyl (C=O) groups excluding carboxylic acids is 1. The maximum Gasteiger partial charge on any atom is 0.264 e. The molecule has 0 radical (unpaired) electrons. The fourth-order valence-electron chi connectivity index (χ4n) is 2.84. The van der Waals surface area contributed by atoms with Crippen LogP contribution in [0.5, 0.6) is 0 Å². The molecule has 4 nitrogen and oxygen atoms in total. The summed E-state index contributed by atoms with van der Waals surface area (Å²) in [7, 11) is 0. The molecule has 0 bridgehead atoms. The fraction of sp³-hybridized carbons (Fsp3) is 0.200. The molecule has 2 aromatic carbocycles. The molecule has 24 heavy (non-hydrogen) atoms. The summed E-state index contributed by atoms with van der Waals surface area (Å²) in [6.07, 6.45) is 0. The normalized spacial score (nSPS) is 10.6. The Morgan fingerprint density at radius 3 is 2.38 bits per heavy atom. The first-order chi connectivity index (χ1) is 11.6. The van der Waals surface area contributed by atoms with E-state index in [-0.39, 0.29) is 5.91 Å². The van der Waals surface area contributed by atoms with Crippen molar-refractivity contribution in [1.29, 1.82) is 0 Å². The molecule has 0 saturated heterocycles. The van der Waals surface area contributed by atoms with Gasteiger partial charge in [-0.15, -0.1) is 0 Å². The number of aryl methyl sites for hydroxylation is 2. The second kappa shape index (κ2) is 6.71. The fourth-order valence-corrected chi connectivity index (χ4v) is 2.84. The van der Waals surface area contributed by atoms with Gasteiger partial charge in [-0.25, -0.2) is 0 Å². The van der Waals surface area contributed by atoms with Crippen molar-refractivity contribution in [3.63, 3.8) is 0 Å². The maximum absolute atomic E-state index is 13.2. The molecule has 1 amide bonds. The number of benzene rings is 2. The van der Waals surface area contributed by atoms with Crippen molar-refractivity contribution in [2.24, 2.45) is 0 Å². The highest BCUT2D eigenvalue weighted by molar-refractivity contribution is 6.10. The number of hydrogen-bond acceptors (Lipinski definition) is 3.